The van der Waals surface area contributed by atoms with Crippen molar-refractivity contribution in [2.45, 2.75) is 114 Å². The Labute approximate surface area is 560 Å². The first-order valence-electron chi connectivity index (χ1n) is 27.4. The highest BCUT2D eigenvalue weighted by Crippen LogP contribution is 2.46. The summed E-state index contributed by atoms with van der Waals surface area (Å²) in [4.78, 5) is 27.3. The van der Waals surface area contributed by atoms with Gasteiger partial charge in [-0.25, -0.2) is 18.0 Å². The molecule has 2 N–H and O–H groups in total. The van der Waals surface area contributed by atoms with Crippen LogP contribution in [0.15, 0.2) is 163 Å². The number of aromatic nitrogens is 2. The van der Waals surface area contributed by atoms with E-state index in [1.807, 2.05) is 84.9 Å². The van der Waals surface area contributed by atoms with Crippen molar-refractivity contribution < 1.29 is 51.1 Å². The van der Waals surface area contributed by atoms with E-state index in [4.69, 9.17) is 108 Å². The third-order valence-corrected chi connectivity index (χ3v) is 20.5. The van der Waals surface area contributed by atoms with Gasteiger partial charge in [-0.1, -0.05) is 158 Å². The molecule has 0 amide bonds. The molecule has 4 heterocycles. The first-order valence-corrected chi connectivity index (χ1v) is 33.5. The molecular formula is C63H61BrCl6F3N3O9S3. The van der Waals surface area contributed by atoms with Gasteiger partial charge in [-0.3, -0.25) is 9.36 Å². The highest BCUT2D eigenvalue weighted by molar-refractivity contribution is 9.11. The largest absolute Gasteiger partial charge is 0.448 e. The molecule has 10 rings (SSSR count). The zero-order chi connectivity index (χ0) is 62.7. The number of halogens is 10. The first kappa shape index (κ1) is 70.2. The molecule has 3 fully saturated rings. The highest BCUT2D eigenvalue weighted by Gasteiger charge is 2.49. The molecular weight excluding hydrogens is 1390 g/mol. The average molecular weight is 1450 g/mol. The maximum atomic E-state index is 15.6. The van der Waals surface area contributed by atoms with Crippen LogP contribution in [0.3, 0.4) is 0 Å². The summed E-state index contributed by atoms with van der Waals surface area (Å²) in [7, 11) is 0. The van der Waals surface area contributed by atoms with Crippen molar-refractivity contribution in [2.24, 2.45) is 0 Å². The molecule has 6 aromatic carbocycles. The van der Waals surface area contributed by atoms with Gasteiger partial charge in [0.15, 0.2) is 17.8 Å². The van der Waals surface area contributed by atoms with Crippen LogP contribution < -0.4 is 11.4 Å². The number of anilines is 1. The van der Waals surface area contributed by atoms with Crippen LogP contribution in [-0.4, -0.2) is 97.5 Å². The normalized spacial score (nSPS) is 23.9. The van der Waals surface area contributed by atoms with Gasteiger partial charge in [0.25, 0.3) is 0 Å². The predicted octanol–water partition coefficient (Wildman–Crippen LogP) is 16.6. The van der Waals surface area contributed by atoms with E-state index >= 15 is 4.39 Å². The molecule has 470 valence electrons. The number of hydrogen-bond acceptors (Lipinski definition) is 14. The molecule has 0 radical (unpaired) electrons. The van der Waals surface area contributed by atoms with Gasteiger partial charge in [-0.2, -0.15) is 4.98 Å². The fourth-order valence-electron chi connectivity index (χ4n) is 9.09. The number of carbonyl (C=O) groups excluding carboxylic acids is 1. The number of rotatable bonds is 23. The van der Waals surface area contributed by atoms with Crippen molar-refractivity contribution in [1.82, 2.24) is 9.55 Å². The monoisotopic (exact) mass is 1450 g/mol. The summed E-state index contributed by atoms with van der Waals surface area (Å²) in [6.07, 6.45) is -4.59. The van der Waals surface area contributed by atoms with Gasteiger partial charge in [0.05, 0.1) is 79.4 Å². The lowest BCUT2D eigenvalue weighted by Gasteiger charge is -2.21. The van der Waals surface area contributed by atoms with Crippen molar-refractivity contribution in [3.63, 3.8) is 0 Å². The number of carbonyl (C=O) groups is 1. The van der Waals surface area contributed by atoms with Crippen molar-refractivity contribution in [3.05, 3.63) is 232 Å². The Balaban J connectivity index is 0.000000172. The Kier molecular flexibility index (Phi) is 28.2. The van der Waals surface area contributed by atoms with Gasteiger partial charge in [0.2, 0.25) is 0 Å². The summed E-state index contributed by atoms with van der Waals surface area (Å²) < 4.78 is 86.2. The van der Waals surface area contributed by atoms with Crippen LogP contribution in [0.4, 0.5) is 19.0 Å². The van der Waals surface area contributed by atoms with Gasteiger partial charge < -0.3 is 38.9 Å². The molecule has 12 nitrogen and oxygen atoms in total. The number of benzene rings is 6. The van der Waals surface area contributed by atoms with Crippen LogP contribution in [-0.2, 0) is 77.6 Å². The van der Waals surface area contributed by atoms with E-state index < -0.39 is 59.3 Å². The molecule has 0 spiro atoms. The third-order valence-electron chi connectivity index (χ3n) is 13.6. The van der Waals surface area contributed by atoms with Crippen LogP contribution in [0.2, 0.25) is 30.1 Å². The second kappa shape index (κ2) is 35.4. The van der Waals surface area contributed by atoms with Crippen molar-refractivity contribution in [2.75, 3.05) is 25.6 Å². The van der Waals surface area contributed by atoms with Gasteiger partial charge in [-0.15, -0.1) is 35.3 Å². The smallest absolute Gasteiger partial charge is 0.350 e. The molecule has 1 aromatic heterocycles. The van der Waals surface area contributed by atoms with E-state index in [1.54, 1.807) is 60.7 Å². The number of nitrogen functional groups attached to an aromatic ring is 1. The third kappa shape index (κ3) is 21.7. The van der Waals surface area contributed by atoms with E-state index in [1.165, 1.54) is 59.0 Å². The molecule has 7 aromatic rings. The number of nitrogens with zero attached hydrogens (tertiary/aromatic N) is 2. The van der Waals surface area contributed by atoms with E-state index in [-0.39, 0.29) is 52.2 Å². The molecule has 3 aliphatic rings. The number of esters is 1. The Bertz CT molecular complexity index is 3330. The molecule has 3 unspecified atom stereocenters. The van der Waals surface area contributed by atoms with Gasteiger partial charge in [0.1, 0.15) is 35.7 Å². The van der Waals surface area contributed by atoms with Crippen LogP contribution >= 0.6 is 121 Å². The zero-order valence-corrected chi connectivity index (χ0v) is 55.5. The molecule has 0 bridgehead atoms. The van der Waals surface area contributed by atoms with Gasteiger partial charge in [0, 0.05) is 43.3 Å². The summed E-state index contributed by atoms with van der Waals surface area (Å²) >= 11 is 42.8. The number of hydrogen-bond donors (Lipinski definition) is 1. The molecule has 3 saturated heterocycles. The second-order valence-electron chi connectivity index (χ2n) is 20.2. The van der Waals surface area contributed by atoms with Crippen LogP contribution in [0.1, 0.15) is 45.7 Å². The lowest BCUT2D eigenvalue weighted by molar-refractivity contribution is -0.146. The van der Waals surface area contributed by atoms with Crippen LogP contribution in [0, 0.1) is 0 Å². The Hall–Kier alpha value is -3.71. The fourth-order valence-corrected chi connectivity index (χ4v) is 15.1. The van der Waals surface area contributed by atoms with Crippen molar-refractivity contribution >= 4 is 133 Å². The topological polar surface area (TPSA) is 143 Å². The predicted molar refractivity (Wildman–Crippen MR) is 352 cm³/mol. The summed E-state index contributed by atoms with van der Waals surface area (Å²) in [6.45, 7) is 4.14. The Morgan fingerprint density at radius 1 is 0.489 bits per heavy atom. The second-order valence-corrected chi connectivity index (χ2v) is 28.5. The molecule has 0 aliphatic carbocycles. The molecule has 88 heavy (non-hydrogen) atoms. The van der Waals surface area contributed by atoms with E-state index in [9.17, 15) is 18.4 Å². The minimum Gasteiger partial charge on any atom is -0.448 e. The van der Waals surface area contributed by atoms with Gasteiger partial charge >= 0.3 is 11.7 Å². The van der Waals surface area contributed by atoms with E-state index in [0.717, 1.165) is 33.4 Å². The maximum absolute atomic E-state index is 15.6. The summed E-state index contributed by atoms with van der Waals surface area (Å²) in [5.41, 5.74) is 9.72. The quantitative estimate of drug-likeness (QED) is 0.0479. The molecule has 3 aliphatic heterocycles. The number of nitrogens with two attached hydrogens (primary N) is 1. The van der Waals surface area contributed by atoms with E-state index in [0.29, 0.717) is 63.2 Å². The summed E-state index contributed by atoms with van der Waals surface area (Å²) in [6, 6.07) is 45.3. The van der Waals surface area contributed by atoms with Crippen molar-refractivity contribution in [1.29, 1.82) is 0 Å². The summed E-state index contributed by atoms with van der Waals surface area (Å²) in [5.74, 6) is -0.433. The standard InChI is InChI=1S/C23H22Cl2FN3O3S.C21H21Cl2FO4S.C19H18BrCl2FO2S/c24-16-5-1-14(2-6-16)11-31-13-18-21(32-12-15-3-7-17(25)8-4-15)20(26)22(33-18)29-10-9-19(27)28-23(29)30;1-13(25)28-21-19(24)20(27-11-15-4-8-17(23)9-5-15)18(29-21)12-26-10-14-2-6-16(22)7-3-14;20-19-17(23)18(25-10-13-3-7-15(22)8-4-13)16(26-19)11-24-9-12-1-5-14(21)6-2-12/h1-10,18,20-22H,11-13H2,(H2,27,28,30);2-9,18-21H,10-12H2,1H3;1-8,16-19H,9-11H2/t18-,20+,21-,22?;18-,19+,20-,21?;16-,17+,18-,19?/m111/s1. The minimum atomic E-state index is -1.45. The summed E-state index contributed by atoms with van der Waals surface area (Å²) in [5, 5.41) is 2.37. The number of ether oxygens (including phenoxy) is 7. The zero-order valence-electron chi connectivity index (χ0n) is 47.0. The van der Waals surface area contributed by atoms with Crippen LogP contribution in [0.25, 0.3) is 0 Å². The van der Waals surface area contributed by atoms with E-state index in [2.05, 4.69) is 20.9 Å². The van der Waals surface area contributed by atoms with Crippen molar-refractivity contribution in [3.8, 4) is 0 Å². The van der Waals surface area contributed by atoms with Gasteiger partial charge in [-0.05, 0) is 112 Å². The SMILES string of the molecule is CC(=O)OC1S[C@H](COCc2ccc(Cl)cc2)[C@@H](OCc2ccc(Cl)cc2)[C@@H]1F.F[C@@H]1C(Br)S[C@H](COCc2ccc(Cl)cc2)[C@H]1OCc1ccc(Cl)cc1.Nc1ccn(C2S[C@H](COCc3ccc(Cl)cc3)[C@@H](OCc3ccc(Cl)cc3)[C@@H]2F)c(=O)n1. The number of thioether (sulfide) groups is 3. The maximum Gasteiger partial charge on any atom is 0.350 e. The lowest BCUT2D eigenvalue weighted by atomic mass is 10.1. The first-order chi connectivity index (χ1) is 42.3. The Morgan fingerprint density at radius 3 is 1.16 bits per heavy atom. The Morgan fingerprint density at radius 2 is 0.807 bits per heavy atom. The molecule has 0 saturated carbocycles. The lowest BCUT2D eigenvalue weighted by Crippen LogP contribution is -2.35. The van der Waals surface area contributed by atoms with Crippen LogP contribution in [0.5, 0.6) is 0 Å². The minimum absolute atomic E-state index is 0.0750. The average Bonchev–Trinajstić information content (AvgIpc) is 2.01. The molecule has 12 atom stereocenters. The fraction of sp³-hybridized carbons (Fsp3) is 0.349. The molecule has 25 heteroatoms. The number of alkyl halides is 4. The highest BCUT2D eigenvalue weighted by atomic mass is 79.9.